The van der Waals surface area contributed by atoms with Gasteiger partial charge in [-0.2, -0.15) is 0 Å². The fourth-order valence-electron chi connectivity index (χ4n) is 2.20. The van der Waals surface area contributed by atoms with Crippen LogP contribution in [0.4, 0.5) is 4.39 Å². The third-order valence-electron chi connectivity index (χ3n) is 3.48. The van der Waals surface area contributed by atoms with E-state index in [9.17, 15) is 9.18 Å². The van der Waals surface area contributed by atoms with Gasteiger partial charge in [0.05, 0.1) is 5.75 Å². The molecule has 1 aromatic heterocycles. The van der Waals surface area contributed by atoms with Crippen LogP contribution in [0.2, 0.25) is 0 Å². The van der Waals surface area contributed by atoms with E-state index >= 15 is 0 Å². The zero-order valence-corrected chi connectivity index (χ0v) is 14.4. The summed E-state index contributed by atoms with van der Waals surface area (Å²) in [6.07, 6.45) is 0. The quantitative estimate of drug-likeness (QED) is 0.631. The summed E-state index contributed by atoms with van der Waals surface area (Å²) in [6, 6.07) is 15.6. The molecule has 0 radical (unpaired) electrons. The van der Waals surface area contributed by atoms with Gasteiger partial charge in [0.25, 0.3) is 5.22 Å². The van der Waals surface area contributed by atoms with Gasteiger partial charge in [-0.25, -0.2) is 4.39 Å². The number of thioether (sulfide) groups is 1. The molecule has 0 N–H and O–H groups in total. The molecule has 5 nitrogen and oxygen atoms in total. The molecular weight excluding hydrogens is 341 g/mol. The van der Waals surface area contributed by atoms with Crippen LogP contribution in [-0.4, -0.2) is 33.8 Å². The second-order valence-electron chi connectivity index (χ2n) is 5.41. The zero-order chi connectivity index (χ0) is 17.6. The van der Waals surface area contributed by atoms with Crippen molar-refractivity contribution in [1.29, 1.82) is 0 Å². The number of hydrogen-bond acceptors (Lipinski definition) is 5. The summed E-state index contributed by atoms with van der Waals surface area (Å²) >= 11 is 1.18. The number of carbonyl (C=O) groups excluding carboxylic acids is 1. The summed E-state index contributed by atoms with van der Waals surface area (Å²) < 4.78 is 18.7. The Morgan fingerprint density at radius 2 is 1.96 bits per heavy atom. The van der Waals surface area contributed by atoms with Gasteiger partial charge < -0.3 is 9.32 Å². The molecule has 0 aliphatic heterocycles. The van der Waals surface area contributed by atoms with Crippen molar-refractivity contribution in [2.45, 2.75) is 11.8 Å². The highest BCUT2D eigenvalue weighted by Gasteiger charge is 2.14. The molecule has 128 valence electrons. The average Bonchev–Trinajstić information content (AvgIpc) is 3.09. The summed E-state index contributed by atoms with van der Waals surface area (Å²) in [5.41, 5.74) is 1.57. The molecule has 0 spiro atoms. The van der Waals surface area contributed by atoms with E-state index in [1.54, 1.807) is 19.2 Å². The van der Waals surface area contributed by atoms with Gasteiger partial charge in [0.2, 0.25) is 11.8 Å². The van der Waals surface area contributed by atoms with Crippen LogP contribution in [0.15, 0.2) is 64.2 Å². The van der Waals surface area contributed by atoms with Crippen molar-refractivity contribution in [1.82, 2.24) is 15.1 Å². The average molecular weight is 357 g/mol. The normalized spacial score (nSPS) is 10.6. The largest absolute Gasteiger partial charge is 0.411 e. The van der Waals surface area contributed by atoms with Crippen LogP contribution in [0.1, 0.15) is 5.56 Å². The molecule has 7 heteroatoms. The Labute approximate surface area is 148 Å². The highest BCUT2D eigenvalue weighted by atomic mass is 32.2. The highest BCUT2D eigenvalue weighted by Crippen LogP contribution is 2.23. The summed E-state index contributed by atoms with van der Waals surface area (Å²) in [7, 11) is 1.68. The first-order valence-corrected chi connectivity index (χ1v) is 8.60. The fourth-order valence-corrected chi connectivity index (χ4v) is 2.90. The number of halogens is 1. The molecule has 0 aliphatic carbocycles. The van der Waals surface area contributed by atoms with E-state index in [4.69, 9.17) is 4.42 Å². The third kappa shape index (κ3) is 4.67. The van der Waals surface area contributed by atoms with E-state index in [2.05, 4.69) is 10.2 Å². The summed E-state index contributed by atoms with van der Waals surface area (Å²) in [5, 5.41) is 8.27. The lowest BCUT2D eigenvalue weighted by Crippen LogP contribution is -2.27. The van der Waals surface area contributed by atoms with Crippen molar-refractivity contribution in [3.05, 3.63) is 66.0 Å². The lowest BCUT2D eigenvalue weighted by molar-refractivity contribution is -0.127. The van der Waals surface area contributed by atoms with Crippen molar-refractivity contribution in [3.63, 3.8) is 0 Å². The molecule has 3 rings (SSSR count). The summed E-state index contributed by atoms with van der Waals surface area (Å²) in [6.45, 7) is 0.344. The topological polar surface area (TPSA) is 59.2 Å². The van der Waals surface area contributed by atoms with Gasteiger partial charge in [0, 0.05) is 19.2 Å². The van der Waals surface area contributed by atoms with Gasteiger partial charge >= 0.3 is 0 Å². The predicted octanol–water partition coefficient (Wildman–Crippen LogP) is 3.63. The molecule has 1 amide bonds. The van der Waals surface area contributed by atoms with E-state index in [1.807, 2.05) is 30.3 Å². The highest BCUT2D eigenvalue weighted by molar-refractivity contribution is 7.99. The van der Waals surface area contributed by atoms with Crippen molar-refractivity contribution >= 4 is 17.7 Å². The number of hydrogen-bond donors (Lipinski definition) is 0. The molecular formula is C18H16FN3O2S. The van der Waals surface area contributed by atoms with Crippen molar-refractivity contribution in [2.75, 3.05) is 12.8 Å². The van der Waals surface area contributed by atoms with E-state index in [1.165, 1.54) is 28.8 Å². The predicted molar refractivity (Wildman–Crippen MR) is 93.3 cm³/mol. The SMILES string of the molecule is CN(Cc1cccc(F)c1)C(=O)CSc1nnc(-c2ccccc2)o1. The Morgan fingerprint density at radius 1 is 1.16 bits per heavy atom. The van der Waals surface area contributed by atoms with Gasteiger partial charge in [-0.05, 0) is 29.8 Å². The van der Waals surface area contributed by atoms with Crippen LogP contribution in [0, 0.1) is 5.82 Å². The van der Waals surface area contributed by atoms with Crippen molar-refractivity contribution < 1.29 is 13.6 Å². The van der Waals surface area contributed by atoms with Crippen LogP contribution in [0.3, 0.4) is 0 Å². The molecule has 1 heterocycles. The number of aromatic nitrogens is 2. The minimum atomic E-state index is -0.313. The molecule has 0 unspecified atom stereocenters. The number of carbonyl (C=O) groups is 1. The van der Waals surface area contributed by atoms with Crippen LogP contribution in [-0.2, 0) is 11.3 Å². The first kappa shape index (κ1) is 17.2. The second kappa shape index (κ2) is 7.94. The second-order valence-corrected chi connectivity index (χ2v) is 6.33. The maximum atomic E-state index is 13.2. The Kier molecular flexibility index (Phi) is 5.45. The molecule has 3 aromatic rings. The number of nitrogens with zero attached hydrogens (tertiary/aromatic N) is 3. The minimum Gasteiger partial charge on any atom is -0.411 e. The van der Waals surface area contributed by atoms with E-state index in [0.29, 0.717) is 17.7 Å². The van der Waals surface area contributed by atoms with E-state index in [-0.39, 0.29) is 17.5 Å². The zero-order valence-electron chi connectivity index (χ0n) is 13.6. The van der Waals surface area contributed by atoms with Crippen LogP contribution in [0.25, 0.3) is 11.5 Å². The molecule has 0 aliphatic rings. The van der Waals surface area contributed by atoms with Gasteiger partial charge in [-0.3, -0.25) is 4.79 Å². The summed E-state index contributed by atoms with van der Waals surface area (Å²) in [4.78, 5) is 13.7. The van der Waals surface area contributed by atoms with E-state index < -0.39 is 0 Å². The van der Waals surface area contributed by atoms with E-state index in [0.717, 1.165) is 11.1 Å². The number of amides is 1. The molecule has 25 heavy (non-hydrogen) atoms. The Bertz CT molecular complexity index is 854. The molecule has 0 atom stereocenters. The maximum Gasteiger partial charge on any atom is 0.277 e. The molecule has 2 aromatic carbocycles. The Hall–Kier alpha value is -2.67. The molecule has 0 saturated heterocycles. The van der Waals surface area contributed by atoms with Crippen molar-refractivity contribution in [3.8, 4) is 11.5 Å². The Balaban J connectivity index is 1.54. The van der Waals surface area contributed by atoms with Gasteiger partial charge in [0.1, 0.15) is 5.82 Å². The summed E-state index contributed by atoms with van der Waals surface area (Å²) in [5.74, 6) is 0.173. The smallest absolute Gasteiger partial charge is 0.277 e. The molecule has 0 saturated carbocycles. The third-order valence-corrected chi connectivity index (χ3v) is 4.28. The fraction of sp³-hybridized carbons (Fsp3) is 0.167. The number of benzene rings is 2. The molecule has 0 fully saturated rings. The Morgan fingerprint density at radius 3 is 2.72 bits per heavy atom. The van der Waals surface area contributed by atoms with Crippen molar-refractivity contribution in [2.24, 2.45) is 0 Å². The lowest BCUT2D eigenvalue weighted by Gasteiger charge is -2.16. The molecule has 0 bridgehead atoms. The van der Waals surface area contributed by atoms with Crippen LogP contribution < -0.4 is 0 Å². The minimum absolute atomic E-state index is 0.103. The first-order valence-electron chi connectivity index (χ1n) is 7.62. The monoisotopic (exact) mass is 357 g/mol. The number of rotatable bonds is 6. The van der Waals surface area contributed by atoms with Gasteiger partial charge in [-0.15, -0.1) is 10.2 Å². The lowest BCUT2D eigenvalue weighted by atomic mass is 10.2. The van der Waals surface area contributed by atoms with Crippen LogP contribution >= 0.6 is 11.8 Å². The first-order chi connectivity index (χ1) is 12.1. The van der Waals surface area contributed by atoms with Crippen LogP contribution in [0.5, 0.6) is 0 Å². The maximum absolute atomic E-state index is 13.2. The van der Waals surface area contributed by atoms with Gasteiger partial charge in [0.15, 0.2) is 0 Å². The standard InChI is InChI=1S/C18H16FN3O2S/c1-22(11-13-6-5-9-15(19)10-13)16(23)12-25-18-21-20-17(24-18)14-7-3-2-4-8-14/h2-10H,11-12H2,1H3. The van der Waals surface area contributed by atoms with Gasteiger partial charge in [-0.1, -0.05) is 42.1 Å².